The monoisotopic (exact) mass is 288 g/mol. The molecule has 0 amide bonds. The topological polar surface area (TPSA) is 63.4 Å². The van der Waals surface area contributed by atoms with Crippen LogP contribution in [0.2, 0.25) is 0 Å². The number of piperazine rings is 1. The van der Waals surface area contributed by atoms with E-state index >= 15 is 0 Å². The summed E-state index contributed by atoms with van der Waals surface area (Å²) in [5.41, 5.74) is 1.05. The molecule has 1 aliphatic heterocycles. The standard InChI is InChI=1S/C15H20N4O2/c1-19-8-7-16-10-12(19)15-17-14(21-18-15)9-11-5-3-4-6-13(11)20-2/h3-6,12,16H,7-10H2,1-2H3. The summed E-state index contributed by atoms with van der Waals surface area (Å²) >= 11 is 0. The second-order valence-electron chi connectivity index (χ2n) is 5.24. The fraction of sp³-hybridized carbons (Fsp3) is 0.467. The average molecular weight is 288 g/mol. The van der Waals surface area contributed by atoms with Gasteiger partial charge in [-0.05, 0) is 13.1 Å². The molecule has 112 valence electrons. The van der Waals surface area contributed by atoms with Crippen LogP contribution in [0.25, 0.3) is 0 Å². The molecular weight excluding hydrogens is 268 g/mol. The van der Waals surface area contributed by atoms with Crippen molar-refractivity contribution in [3.05, 3.63) is 41.5 Å². The molecule has 1 fully saturated rings. The van der Waals surface area contributed by atoms with Crippen molar-refractivity contribution in [3.63, 3.8) is 0 Å². The Bertz CT molecular complexity index is 599. The molecule has 0 saturated carbocycles. The smallest absolute Gasteiger partial charge is 0.231 e. The molecule has 6 heteroatoms. The molecule has 3 rings (SSSR count). The Hall–Kier alpha value is -1.92. The zero-order valence-corrected chi connectivity index (χ0v) is 12.4. The van der Waals surface area contributed by atoms with Gasteiger partial charge in [-0.1, -0.05) is 23.4 Å². The molecule has 0 radical (unpaired) electrons. The highest BCUT2D eigenvalue weighted by Gasteiger charge is 2.25. The molecular formula is C15H20N4O2. The van der Waals surface area contributed by atoms with Gasteiger partial charge in [0.25, 0.3) is 0 Å². The quantitative estimate of drug-likeness (QED) is 0.913. The van der Waals surface area contributed by atoms with E-state index in [4.69, 9.17) is 9.26 Å². The molecule has 1 saturated heterocycles. The molecule has 1 unspecified atom stereocenters. The van der Waals surface area contributed by atoms with Crippen LogP contribution < -0.4 is 10.1 Å². The third kappa shape index (κ3) is 3.06. The fourth-order valence-corrected chi connectivity index (χ4v) is 2.58. The Morgan fingerprint density at radius 3 is 3.10 bits per heavy atom. The fourth-order valence-electron chi connectivity index (χ4n) is 2.58. The van der Waals surface area contributed by atoms with Gasteiger partial charge in [-0.2, -0.15) is 4.98 Å². The zero-order valence-electron chi connectivity index (χ0n) is 12.4. The van der Waals surface area contributed by atoms with Crippen molar-refractivity contribution in [2.24, 2.45) is 0 Å². The third-order valence-corrected chi connectivity index (χ3v) is 3.83. The predicted molar refractivity (Wildman–Crippen MR) is 78.3 cm³/mol. The highest BCUT2D eigenvalue weighted by Crippen LogP contribution is 2.22. The maximum absolute atomic E-state index is 5.40. The molecule has 1 aliphatic rings. The van der Waals surface area contributed by atoms with E-state index in [-0.39, 0.29) is 6.04 Å². The van der Waals surface area contributed by atoms with E-state index < -0.39 is 0 Å². The number of methoxy groups -OCH3 is 1. The highest BCUT2D eigenvalue weighted by molar-refractivity contribution is 5.34. The SMILES string of the molecule is COc1ccccc1Cc1nc(C2CNCCN2C)no1. The van der Waals surface area contributed by atoms with Gasteiger partial charge in [0.2, 0.25) is 5.89 Å². The first-order chi connectivity index (χ1) is 10.3. The number of rotatable bonds is 4. The van der Waals surface area contributed by atoms with Gasteiger partial charge >= 0.3 is 0 Å². The summed E-state index contributed by atoms with van der Waals surface area (Å²) in [5.74, 6) is 2.21. The minimum absolute atomic E-state index is 0.175. The number of nitrogens with zero attached hydrogens (tertiary/aromatic N) is 3. The van der Waals surface area contributed by atoms with Gasteiger partial charge in [0.05, 0.1) is 19.6 Å². The molecule has 21 heavy (non-hydrogen) atoms. The van der Waals surface area contributed by atoms with Crippen LogP contribution in [0.1, 0.15) is 23.3 Å². The normalized spacial score (nSPS) is 19.6. The Balaban J connectivity index is 1.76. The van der Waals surface area contributed by atoms with Gasteiger partial charge in [0, 0.05) is 25.2 Å². The van der Waals surface area contributed by atoms with E-state index in [9.17, 15) is 0 Å². The van der Waals surface area contributed by atoms with E-state index in [1.807, 2.05) is 24.3 Å². The molecule has 2 heterocycles. The maximum Gasteiger partial charge on any atom is 0.231 e. The summed E-state index contributed by atoms with van der Waals surface area (Å²) in [6, 6.07) is 8.05. The van der Waals surface area contributed by atoms with Gasteiger partial charge in [-0.3, -0.25) is 4.90 Å². The van der Waals surface area contributed by atoms with Gasteiger partial charge in [0.1, 0.15) is 5.75 Å². The molecule has 1 aromatic heterocycles. The number of hydrogen-bond donors (Lipinski definition) is 1. The van der Waals surface area contributed by atoms with Crippen LogP contribution in [0.15, 0.2) is 28.8 Å². The number of hydrogen-bond acceptors (Lipinski definition) is 6. The summed E-state index contributed by atoms with van der Waals surface area (Å²) in [6.45, 7) is 2.84. The van der Waals surface area contributed by atoms with E-state index in [1.165, 1.54) is 0 Å². The van der Waals surface area contributed by atoms with Crippen LogP contribution in [-0.2, 0) is 6.42 Å². The minimum Gasteiger partial charge on any atom is -0.496 e. The molecule has 2 aromatic rings. The summed E-state index contributed by atoms with van der Waals surface area (Å²) in [4.78, 5) is 6.78. The first-order valence-corrected chi connectivity index (χ1v) is 7.13. The predicted octanol–water partition coefficient (Wildman–Crippen LogP) is 1.25. The number of aromatic nitrogens is 2. The maximum atomic E-state index is 5.40. The lowest BCUT2D eigenvalue weighted by molar-refractivity contribution is 0.190. The Labute approximate surface area is 124 Å². The van der Waals surface area contributed by atoms with E-state index in [0.717, 1.165) is 36.8 Å². The van der Waals surface area contributed by atoms with Crippen molar-refractivity contribution in [2.75, 3.05) is 33.8 Å². The lowest BCUT2D eigenvalue weighted by Gasteiger charge is -2.30. The highest BCUT2D eigenvalue weighted by atomic mass is 16.5. The van der Waals surface area contributed by atoms with Crippen LogP contribution in [0, 0.1) is 0 Å². The van der Waals surface area contributed by atoms with Gasteiger partial charge in [-0.15, -0.1) is 0 Å². The first kappa shape index (κ1) is 14.0. The van der Waals surface area contributed by atoms with Crippen molar-refractivity contribution < 1.29 is 9.26 Å². The van der Waals surface area contributed by atoms with Gasteiger partial charge in [-0.25, -0.2) is 0 Å². The summed E-state index contributed by atoms with van der Waals surface area (Å²) in [5, 5.41) is 7.49. The minimum atomic E-state index is 0.175. The second-order valence-corrected chi connectivity index (χ2v) is 5.24. The first-order valence-electron chi connectivity index (χ1n) is 7.13. The van der Waals surface area contributed by atoms with Crippen LogP contribution in [0.4, 0.5) is 0 Å². The lowest BCUT2D eigenvalue weighted by atomic mass is 10.1. The van der Waals surface area contributed by atoms with Gasteiger partial charge < -0.3 is 14.6 Å². The van der Waals surface area contributed by atoms with E-state index in [2.05, 4.69) is 27.4 Å². The van der Waals surface area contributed by atoms with Crippen molar-refractivity contribution in [2.45, 2.75) is 12.5 Å². The average Bonchev–Trinajstić information content (AvgIpc) is 2.96. The van der Waals surface area contributed by atoms with Crippen molar-refractivity contribution in [1.82, 2.24) is 20.4 Å². The van der Waals surface area contributed by atoms with Gasteiger partial charge in [0.15, 0.2) is 5.82 Å². The van der Waals surface area contributed by atoms with E-state index in [1.54, 1.807) is 7.11 Å². The van der Waals surface area contributed by atoms with Crippen LogP contribution >= 0.6 is 0 Å². The third-order valence-electron chi connectivity index (χ3n) is 3.83. The van der Waals surface area contributed by atoms with Crippen molar-refractivity contribution in [3.8, 4) is 5.75 Å². The molecule has 0 bridgehead atoms. The Kier molecular flexibility index (Phi) is 4.17. The summed E-state index contributed by atoms with van der Waals surface area (Å²) in [7, 11) is 3.75. The van der Waals surface area contributed by atoms with Crippen LogP contribution in [-0.4, -0.2) is 48.8 Å². The molecule has 1 N–H and O–H groups in total. The summed E-state index contributed by atoms with van der Waals surface area (Å²) < 4.78 is 10.7. The second kappa shape index (κ2) is 6.24. The largest absolute Gasteiger partial charge is 0.496 e. The number of benzene rings is 1. The molecule has 1 aromatic carbocycles. The molecule has 6 nitrogen and oxygen atoms in total. The number of para-hydroxylation sites is 1. The van der Waals surface area contributed by atoms with E-state index in [0.29, 0.717) is 12.3 Å². The number of nitrogens with one attached hydrogen (secondary N) is 1. The molecule has 1 atom stereocenters. The Morgan fingerprint density at radius 1 is 1.43 bits per heavy atom. The van der Waals surface area contributed by atoms with Crippen LogP contribution in [0.3, 0.4) is 0 Å². The summed E-state index contributed by atoms with van der Waals surface area (Å²) in [6.07, 6.45) is 0.584. The Morgan fingerprint density at radius 2 is 2.29 bits per heavy atom. The zero-order chi connectivity index (χ0) is 14.7. The van der Waals surface area contributed by atoms with Crippen molar-refractivity contribution >= 4 is 0 Å². The number of ether oxygens (including phenoxy) is 1. The lowest BCUT2D eigenvalue weighted by Crippen LogP contribution is -2.44. The molecule has 0 spiro atoms. The molecule has 0 aliphatic carbocycles. The van der Waals surface area contributed by atoms with Crippen molar-refractivity contribution in [1.29, 1.82) is 0 Å². The number of likely N-dealkylation sites (N-methyl/N-ethyl adjacent to an activating group) is 1. The van der Waals surface area contributed by atoms with Crippen LogP contribution in [0.5, 0.6) is 5.75 Å².